The van der Waals surface area contributed by atoms with Crippen molar-refractivity contribution in [2.24, 2.45) is 11.3 Å². The van der Waals surface area contributed by atoms with E-state index in [2.05, 4.69) is 5.32 Å². The van der Waals surface area contributed by atoms with Gasteiger partial charge in [-0.25, -0.2) is 0 Å². The van der Waals surface area contributed by atoms with Crippen LogP contribution in [0.25, 0.3) is 0 Å². The molecular formula is C19H34ClN3O2. The first-order valence-electron chi connectivity index (χ1n) is 9.58. The molecule has 0 aromatic carbocycles. The van der Waals surface area contributed by atoms with Crippen molar-refractivity contribution in [3.8, 4) is 0 Å². The Hall–Kier alpha value is -0.810. The normalized spacial score (nSPS) is 32.1. The second-order valence-electron chi connectivity index (χ2n) is 9.05. The predicted octanol–water partition coefficient (Wildman–Crippen LogP) is 2.43. The van der Waals surface area contributed by atoms with Crippen LogP contribution in [-0.4, -0.2) is 59.9 Å². The van der Waals surface area contributed by atoms with E-state index in [-0.39, 0.29) is 35.6 Å². The standard InChI is InChI=1S/C19H33N3O2.ClH/c1-19(2,3)18(24)22-9-5-6-13(12-22)17(23)21(4)16-10-14-7-8-15(11-16)20-14;/h13-16,20H,5-12H2,1-4H3;1H. The summed E-state index contributed by atoms with van der Waals surface area (Å²) in [5.41, 5.74) is -0.370. The number of carbonyl (C=O) groups is 2. The summed E-state index contributed by atoms with van der Waals surface area (Å²) < 4.78 is 0. The average molecular weight is 372 g/mol. The van der Waals surface area contributed by atoms with E-state index in [1.165, 1.54) is 12.8 Å². The number of fused-ring (bicyclic) bond motifs is 2. The molecule has 1 N–H and O–H groups in total. The van der Waals surface area contributed by atoms with E-state index in [0.29, 0.717) is 24.7 Å². The van der Waals surface area contributed by atoms with Gasteiger partial charge >= 0.3 is 0 Å². The lowest BCUT2D eigenvalue weighted by Gasteiger charge is -2.40. The third kappa shape index (κ3) is 4.48. The molecule has 0 aromatic rings. The van der Waals surface area contributed by atoms with Crippen molar-refractivity contribution >= 4 is 24.2 Å². The number of halogens is 1. The maximum Gasteiger partial charge on any atom is 0.227 e. The Labute approximate surface area is 158 Å². The van der Waals surface area contributed by atoms with Gasteiger partial charge in [0.2, 0.25) is 11.8 Å². The molecule has 144 valence electrons. The number of rotatable bonds is 2. The molecule has 3 unspecified atom stereocenters. The Bertz CT molecular complexity index is 493. The monoisotopic (exact) mass is 371 g/mol. The van der Waals surface area contributed by atoms with Crippen LogP contribution in [0.15, 0.2) is 0 Å². The van der Waals surface area contributed by atoms with Gasteiger partial charge in [0.25, 0.3) is 0 Å². The summed E-state index contributed by atoms with van der Waals surface area (Å²) in [6.45, 7) is 7.26. The van der Waals surface area contributed by atoms with Crippen LogP contribution < -0.4 is 5.32 Å². The molecule has 0 saturated carbocycles. The molecule has 6 heteroatoms. The Morgan fingerprint density at radius 1 is 1.08 bits per heavy atom. The highest BCUT2D eigenvalue weighted by Crippen LogP contribution is 2.31. The fourth-order valence-corrected chi connectivity index (χ4v) is 4.65. The lowest BCUT2D eigenvalue weighted by molar-refractivity contribution is -0.146. The lowest BCUT2D eigenvalue weighted by Crippen LogP contribution is -2.53. The molecule has 2 amide bonds. The summed E-state index contributed by atoms with van der Waals surface area (Å²) in [6, 6.07) is 1.55. The summed E-state index contributed by atoms with van der Waals surface area (Å²) in [7, 11) is 1.97. The summed E-state index contributed by atoms with van der Waals surface area (Å²) in [5.74, 6) is 0.387. The van der Waals surface area contributed by atoms with Crippen LogP contribution >= 0.6 is 12.4 Å². The summed E-state index contributed by atoms with van der Waals surface area (Å²) >= 11 is 0. The maximum atomic E-state index is 13.0. The minimum absolute atomic E-state index is 0. The number of carbonyl (C=O) groups excluding carboxylic acids is 2. The second kappa shape index (κ2) is 7.83. The Kier molecular flexibility index (Phi) is 6.42. The van der Waals surface area contributed by atoms with E-state index < -0.39 is 0 Å². The quantitative estimate of drug-likeness (QED) is 0.811. The number of likely N-dealkylation sites (tertiary alicyclic amines) is 1. The third-order valence-electron chi connectivity index (χ3n) is 6.04. The number of hydrogen-bond donors (Lipinski definition) is 1. The summed E-state index contributed by atoms with van der Waals surface area (Å²) in [4.78, 5) is 29.5. The van der Waals surface area contributed by atoms with Crippen LogP contribution in [0.1, 0.15) is 59.3 Å². The molecule has 0 spiro atoms. The molecule has 25 heavy (non-hydrogen) atoms. The van der Waals surface area contributed by atoms with Gasteiger partial charge in [0.05, 0.1) is 5.92 Å². The van der Waals surface area contributed by atoms with Crippen molar-refractivity contribution in [1.82, 2.24) is 15.1 Å². The molecule has 3 saturated heterocycles. The lowest BCUT2D eigenvalue weighted by atomic mass is 9.90. The molecule has 3 atom stereocenters. The van der Waals surface area contributed by atoms with Crippen LogP contribution in [0.4, 0.5) is 0 Å². The number of piperidine rings is 2. The van der Waals surface area contributed by atoms with E-state index in [4.69, 9.17) is 0 Å². The van der Waals surface area contributed by atoms with Gasteiger partial charge in [-0.05, 0) is 38.5 Å². The molecule has 3 heterocycles. The van der Waals surface area contributed by atoms with Crippen molar-refractivity contribution in [3.63, 3.8) is 0 Å². The van der Waals surface area contributed by atoms with E-state index in [0.717, 1.165) is 32.2 Å². The summed E-state index contributed by atoms with van der Waals surface area (Å²) in [6.07, 6.45) is 6.51. The molecule has 3 fully saturated rings. The summed E-state index contributed by atoms with van der Waals surface area (Å²) in [5, 5.41) is 3.64. The first kappa shape index (κ1) is 20.5. The molecule has 0 aliphatic carbocycles. The van der Waals surface area contributed by atoms with Crippen LogP contribution in [0.5, 0.6) is 0 Å². The highest BCUT2D eigenvalue weighted by Gasteiger charge is 2.39. The van der Waals surface area contributed by atoms with Gasteiger partial charge in [0.1, 0.15) is 0 Å². The number of nitrogens with zero attached hydrogens (tertiary/aromatic N) is 2. The fourth-order valence-electron chi connectivity index (χ4n) is 4.65. The van der Waals surface area contributed by atoms with Crippen molar-refractivity contribution < 1.29 is 9.59 Å². The highest BCUT2D eigenvalue weighted by molar-refractivity contribution is 5.85. The zero-order valence-electron chi connectivity index (χ0n) is 16.1. The van der Waals surface area contributed by atoms with Gasteiger partial charge in [0.15, 0.2) is 0 Å². The largest absolute Gasteiger partial charge is 0.342 e. The first-order valence-corrected chi connectivity index (χ1v) is 9.58. The van der Waals surface area contributed by atoms with Crippen LogP contribution in [0, 0.1) is 11.3 Å². The first-order chi connectivity index (χ1) is 11.3. The van der Waals surface area contributed by atoms with Gasteiger partial charge in [-0.1, -0.05) is 20.8 Å². The minimum Gasteiger partial charge on any atom is -0.342 e. The van der Waals surface area contributed by atoms with Crippen molar-refractivity contribution in [2.45, 2.75) is 77.4 Å². The van der Waals surface area contributed by atoms with Gasteiger partial charge in [0, 0.05) is 43.7 Å². The third-order valence-corrected chi connectivity index (χ3v) is 6.04. The molecule has 2 bridgehead atoms. The van der Waals surface area contributed by atoms with Crippen molar-refractivity contribution in [3.05, 3.63) is 0 Å². The van der Waals surface area contributed by atoms with Gasteiger partial charge in [-0.2, -0.15) is 0 Å². The Morgan fingerprint density at radius 3 is 2.24 bits per heavy atom. The molecule has 3 aliphatic rings. The number of nitrogens with one attached hydrogen (secondary N) is 1. The van der Waals surface area contributed by atoms with E-state index in [9.17, 15) is 9.59 Å². The molecule has 3 rings (SSSR count). The zero-order valence-corrected chi connectivity index (χ0v) is 16.9. The number of hydrogen-bond acceptors (Lipinski definition) is 3. The molecule has 5 nitrogen and oxygen atoms in total. The van der Waals surface area contributed by atoms with Crippen molar-refractivity contribution in [2.75, 3.05) is 20.1 Å². The molecule has 0 radical (unpaired) electrons. The second-order valence-corrected chi connectivity index (χ2v) is 9.05. The molecule has 3 aliphatic heterocycles. The smallest absolute Gasteiger partial charge is 0.227 e. The van der Waals surface area contributed by atoms with Gasteiger partial charge in [-0.15, -0.1) is 12.4 Å². The van der Waals surface area contributed by atoms with E-state index in [1.54, 1.807) is 0 Å². The molecule has 0 aromatic heterocycles. The fraction of sp³-hybridized carbons (Fsp3) is 0.895. The topological polar surface area (TPSA) is 52.7 Å². The van der Waals surface area contributed by atoms with Crippen LogP contribution in [-0.2, 0) is 9.59 Å². The van der Waals surface area contributed by atoms with Crippen LogP contribution in [0.3, 0.4) is 0 Å². The van der Waals surface area contributed by atoms with Gasteiger partial charge < -0.3 is 15.1 Å². The Morgan fingerprint density at radius 2 is 1.68 bits per heavy atom. The predicted molar refractivity (Wildman–Crippen MR) is 102 cm³/mol. The number of amides is 2. The maximum absolute atomic E-state index is 13.0. The zero-order chi connectivity index (χ0) is 17.5. The molecular weight excluding hydrogens is 338 g/mol. The average Bonchev–Trinajstić information content (AvgIpc) is 2.90. The van der Waals surface area contributed by atoms with E-state index in [1.807, 2.05) is 37.6 Å². The van der Waals surface area contributed by atoms with Gasteiger partial charge in [-0.3, -0.25) is 9.59 Å². The highest BCUT2D eigenvalue weighted by atomic mass is 35.5. The Balaban J connectivity index is 0.00000225. The minimum atomic E-state index is -0.370. The van der Waals surface area contributed by atoms with Crippen molar-refractivity contribution in [1.29, 1.82) is 0 Å². The van der Waals surface area contributed by atoms with Crippen LogP contribution in [0.2, 0.25) is 0 Å². The SMILES string of the molecule is CN(C(=O)C1CCCN(C(=O)C(C)(C)C)C1)C1CC2CCC(C1)N2.Cl. The van der Waals surface area contributed by atoms with E-state index >= 15 is 0 Å².